The third-order valence-corrected chi connectivity index (χ3v) is 5.20. The predicted octanol–water partition coefficient (Wildman–Crippen LogP) is 5.24. The minimum Gasteiger partial charge on any atom is -0.489 e. The summed E-state index contributed by atoms with van der Waals surface area (Å²) < 4.78 is 55.0. The average Bonchev–Trinajstić information content (AvgIpc) is 3.51. The van der Waals surface area contributed by atoms with E-state index in [9.17, 15) is 18.0 Å². The van der Waals surface area contributed by atoms with Crippen LogP contribution in [0.15, 0.2) is 46.9 Å². The van der Waals surface area contributed by atoms with Crippen LogP contribution in [0.25, 0.3) is 11.5 Å². The van der Waals surface area contributed by atoms with Crippen LogP contribution in [0.2, 0.25) is 0 Å². The van der Waals surface area contributed by atoms with Crippen molar-refractivity contribution in [3.63, 3.8) is 0 Å². The second-order valence-electron chi connectivity index (χ2n) is 8.13. The fraction of sp³-hybridized carbons (Fsp3) is 0.333. The van der Waals surface area contributed by atoms with Gasteiger partial charge in [0, 0.05) is 12.1 Å². The highest BCUT2D eigenvalue weighted by molar-refractivity contribution is 5.94. The molecular formula is C24H25ClF3N3O4. The Morgan fingerprint density at radius 1 is 1.23 bits per heavy atom. The molecule has 35 heavy (non-hydrogen) atoms. The monoisotopic (exact) mass is 511 g/mol. The summed E-state index contributed by atoms with van der Waals surface area (Å²) in [6, 6.07) is 9.49. The number of benzene rings is 2. The summed E-state index contributed by atoms with van der Waals surface area (Å²) in [5, 5.41) is 2.67. The number of carbonyl (C=O) groups is 1. The summed E-state index contributed by atoms with van der Waals surface area (Å²) in [5.41, 5.74) is 6.93. The van der Waals surface area contributed by atoms with Gasteiger partial charge in [0.1, 0.15) is 5.82 Å². The van der Waals surface area contributed by atoms with Gasteiger partial charge in [-0.25, -0.2) is 9.37 Å². The van der Waals surface area contributed by atoms with Gasteiger partial charge >= 0.3 is 6.61 Å². The summed E-state index contributed by atoms with van der Waals surface area (Å²) in [6.07, 6.45) is 2.05. The first-order valence-corrected chi connectivity index (χ1v) is 10.8. The summed E-state index contributed by atoms with van der Waals surface area (Å²) in [6.45, 7) is -0.908. The van der Waals surface area contributed by atoms with Gasteiger partial charge in [-0.2, -0.15) is 8.78 Å². The Hall–Kier alpha value is -3.24. The molecule has 4 rings (SSSR count). The molecule has 1 heterocycles. The molecule has 0 saturated heterocycles. The number of nitrogens with one attached hydrogen (secondary N) is 1. The standard InChI is InChI=1S/C24H24F3N3O4.ClH/c1-13(28)21-20(22(31)29-11-15-3-2-4-17(25)9-15)30-23(34-21)16-7-8-18(33-24(26)27)19(10-16)32-12-14-5-6-14;/h2-4,7-10,13-14,24H,5-6,11-12,28H2,1H3,(H,29,31);1H/t13-;/m0./s1. The van der Waals surface area contributed by atoms with E-state index >= 15 is 0 Å². The molecule has 1 saturated carbocycles. The zero-order valence-corrected chi connectivity index (χ0v) is 19.6. The molecule has 1 aliphatic carbocycles. The van der Waals surface area contributed by atoms with Gasteiger partial charge in [-0.05, 0) is 61.6 Å². The van der Waals surface area contributed by atoms with Gasteiger partial charge in [0.2, 0.25) is 5.89 Å². The van der Waals surface area contributed by atoms with Gasteiger partial charge < -0.3 is 24.9 Å². The van der Waals surface area contributed by atoms with E-state index in [1.54, 1.807) is 19.1 Å². The van der Waals surface area contributed by atoms with Crippen molar-refractivity contribution in [3.8, 4) is 23.0 Å². The van der Waals surface area contributed by atoms with Gasteiger partial charge in [0.15, 0.2) is 23.0 Å². The predicted molar refractivity (Wildman–Crippen MR) is 124 cm³/mol. The number of alkyl halides is 2. The van der Waals surface area contributed by atoms with Crippen LogP contribution in [0.5, 0.6) is 11.5 Å². The number of rotatable bonds is 10. The number of ether oxygens (including phenoxy) is 2. The molecule has 1 amide bonds. The van der Waals surface area contributed by atoms with Crippen molar-refractivity contribution in [2.45, 2.75) is 39.0 Å². The van der Waals surface area contributed by atoms with Crippen LogP contribution < -0.4 is 20.5 Å². The molecular weight excluding hydrogens is 487 g/mol. The van der Waals surface area contributed by atoms with E-state index in [1.165, 1.54) is 30.3 Å². The third kappa shape index (κ3) is 6.89. The lowest BCUT2D eigenvalue weighted by Gasteiger charge is -2.12. The molecule has 2 aromatic carbocycles. The molecule has 3 N–H and O–H groups in total. The number of carbonyl (C=O) groups excluding carboxylic acids is 1. The highest BCUT2D eigenvalue weighted by Crippen LogP contribution is 2.37. The molecule has 1 fully saturated rings. The molecule has 11 heteroatoms. The maximum Gasteiger partial charge on any atom is 0.387 e. The number of hydrogen-bond donors (Lipinski definition) is 2. The Morgan fingerprint density at radius 2 is 2.00 bits per heavy atom. The summed E-state index contributed by atoms with van der Waals surface area (Å²) in [5.74, 6) is -0.319. The maximum atomic E-state index is 13.4. The zero-order chi connectivity index (χ0) is 24.2. The van der Waals surface area contributed by atoms with Crippen molar-refractivity contribution in [1.29, 1.82) is 0 Å². The molecule has 188 valence electrons. The van der Waals surface area contributed by atoms with Crippen LogP contribution in [0.1, 0.15) is 47.6 Å². The highest BCUT2D eigenvalue weighted by Gasteiger charge is 2.26. The Bertz CT molecular complexity index is 1170. The van der Waals surface area contributed by atoms with Gasteiger partial charge in [-0.1, -0.05) is 12.1 Å². The molecule has 1 aromatic heterocycles. The lowest BCUT2D eigenvalue weighted by Crippen LogP contribution is -2.25. The van der Waals surface area contributed by atoms with Crippen molar-refractivity contribution < 1.29 is 31.9 Å². The molecule has 0 bridgehead atoms. The van der Waals surface area contributed by atoms with Gasteiger partial charge in [-0.3, -0.25) is 4.79 Å². The second kappa shape index (κ2) is 11.5. The van der Waals surface area contributed by atoms with Crippen molar-refractivity contribution in [2.24, 2.45) is 11.7 Å². The largest absolute Gasteiger partial charge is 0.489 e. The van der Waals surface area contributed by atoms with Crippen LogP contribution in [0, 0.1) is 11.7 Å². The lowest BCUT2D eigenvalue weighted by atomic mass is 10.2. The Balaban J connectivity index is 0.00000342. The van der Waals surface area contributed by atoms with E-state index in [-0.39, 0.29) is 47.8 Å². The number of hydrogen-bond acceptors (Lipinski definition) is 6. The van der Waals surface area contributed by atoms with Crippen molar-refractivity contribution in [1.82, 2.24) is 10.3 Å². The van der Waals surface area contributed by atoms with E-state index in [0.717, 1.165) is 12.8 Å². The van der Waals surface area contributed by atoms with Gasteiger partial charge in [0.05, 0.1) is 12.6 Å². The second-order valence-corrected chi connectivity index (χ2v) is 8.13. The van der Waals surface area contributed by atoms with Crippen LogP contribution in [0.3, 0.4) is 0 Å². The van der Waals surface area contributed by atoms with Crippen LogP contribution in [-0.2, 0) is 6.54 Å². The van der Waals surface area contributed by atoms with Crippen LogP contribution in [-0.4, -0.2) is 24.1 Å². The number of nitrogens with zero attached hydrogens (tertiary/aromatic N) is 1. The number of oxazole rings is 1. The van der Waals surface area contributed by atoms with E-state index in [2.05, 4.69) is 15.0 Å². The molecule has 7 nitrogen and oxygen atoms in total. The Kier molecular flexibility index (Phi) is 8.63. The van der Waals surface area contributed by atoms with Gasteiger partial charge in [0.25, 0.3) is 5.91 Å². The molecule has 1 aliphatic rings. The number of nitrogens with two attached hydrogens (primary N) is 1. The highest BCUT2D eigenvalue weighted by atomic mass is 35.5. The van der Waals surface area contributed by atoms with E-state index in [0.29, 0.717) is 23.7 Å². The average molecular weight is 512 g/mol. The summed E-state index contributed by atoms with van der Waals surface area (Å²) in [4.78, 5) is 17.1. The van der Waals surface area contributed by atoms with Crippen molar-refractivity contribution in [2.75, 3.05) is 6.61 Å². The first kappa shape index (κ1) is 26.4. The molecule has 0 unspecified atom stereocenters. The smallest absolute Gasteiger partial charge is 0.387 e. The third-order valence-electron chi connectivity index (χ3n) is 5.20. The van der Waals surface area contributed by atoms with E-state index in [4.69, 9.17) is 14.9 Å². The quantitative estimate of drug-likeness (QED) is 0.386. The summed E-state index contributed by atoms with van der Waals surface area (Å²) in [7, 11) is 0. The first-order chi connectivity index (χ1) is 16.3. The first-order valence-electron chi connectivity index (χ1n) is 10.8. The van der Waals surface area contributed by atoms with Crippen molar-refractivity contribution in [3.05, 3.63) is 65.3 Å². The van der Waals surface area contributed by atoms with E-state index in [1.807, 2.05) is 0 Å². The molecule has 0 spiro atoms. The molecule has 0 aliphatic heterocycles. The molecule has 1 atom stereocenters. The fourth-order valence-corrected chi connectivity index (χ4v) is 3.28. The molecule has 3 aromatic rings. The number of amides is 1. The minimum atomic E-state index is -3.01. The Labute approximate surface area is 206 Å². The topological polar surface area (TPSA) is 99.6 Å². The zero-order valence-electron chi connectivity index (χ0n) is 18.8. The van der Waals surface area contributed by atoms with Crippen molar-refractivity contribution >= 4 is 18.3 Å². The lowest BCUT2D eigenvalue weighted by molar-refractivity contribution is -0.0515. The number of halogens is 4. The van der Waals surface area contributed by atoms with Crippen LogP contribution >= 0.6 is 12.4 Å². The van der Waals surface area contributed by atoms with Crippen LogP contribution in [0.4, 0.5) is 13.2 Å². The van der Waals surface area contributed by atoms with Gasteiger partial charge in [-0.15, -0.1) is 12.4 Å². The summed E-state index contributed by atoms with van der Waals surface area (Å²) >= 11 is 0. The normalized spacial score (nSPS) is 13.8. The molecule has 0 radical (unpaired) electrons. The number of aromatic nitrogens is 1. The fourth-order valence-electron chi connectivity index (χ4n) is 3.28. The minimum absolute atomic E-state index is 0. The maximum absolute atomic E-state index is 13.4. The Morgan fingerprint density at radius 3 is 2.66 bits per heavy atom. The SMILES string of the molecule is C[C@H](N)c1oc(-c2ccc(OC(F)F)c(OCC3CC3)c2)nc1C(=O)NCc1cccc(F)c1.Cl. The van der Waals surface area contributed by atoms with E-state index < -0.39 is 24.4 Å².